The van der Waals surface area contributed by atoms with Crippen LogP contribution in [0.5, 0.6) is 5.75 Å². The SMILES string of the molecule is [2H]C([2H])([2H])Oc1ccc([C@H](CN(C([2H])([2H])[2H])C([2H])([2H])[2H])C2(O)CCCCC2)cc1. The Morgan fingerprint density at radius 3 is 2.55 bits per heavy atom. The third-order valence-electron chi connectivity index (χ3n) is 4.13. The van der Waals surface area contributed by atoms with Crippen molar-refractivity contribution in [2.45, 2.75) is 43.6 Å². The predicted octanol–water partition coefficient (Wildman–Crippen LogP) is 3.04. The van der Waals surface area contributed by atoms with Gasteiger partial charge in [-0.3, -0.25) is 0 Å². The second kappa shape index (κ2) is 6.59. The standard InChI is InChI=1S/C17H27NO2/c1-18(2)13-16(17(19)11-5-4-6-12-17)14-7-9-15(20-3)10-8-14/h7-10,16,19H,4-6,11-13H2,1-3H3/t16-/m0/s1/i1D3,2D3,3D3. The highest BCUT2D eigenvalue weighted by molar-refractivity contribution is 5.31. The van der Waals surface area contributed by atoms with E-state index in [1.807, 2.05) is 0 Å². The molecule has 0 unspecified atom stereocenters. The Morgan fingerprint density at radius 1 is 1.25 bits per heavy atom. The second-order valence-corrected chi connectivity index (χ2v) is 5.50. The predicted molar refractivity (Wildman–Crippen MR) is 82.3 cm³/mol. The topological polar surface area (TPSA) is 32.7 Å². The summed E-state index contributed by atoms with van der Waals surface area (Å²) in [5, 5.41) is 11.3. The molecule has 0 aliphatic heterocycles. The van der Waals surface area contributed by atoms with Crippen molar-refractivity contribution in [1.29, 1.82) is 0 Å². The van der Waals surface area contributed by atoms with Gasteiger partial charge in [0.1, 0.15) is 5.75 Å². The smallest absolute Gasteiger partial charge is 0.118 e. The van der Waals surface area contributed by atoms with Crippen LogP contribution in [0.3, 0.4) is 0 Å². The number of methoxy groups -OCH3 is 1. The number of ether oxygens (including phenoxy) is 1. The van der Waals surface area contributed by atoms with E-state index in [9.17, 15) is 5.11 Å². The molecule has 1 aromatic rings. The summed E-state index contributed by atoms with van der Waals surface area (Å²) in [5.41, 5.74) is -0.717. The molecule has 3 heteroatoms. The van der Waals surface area contributed by atoms with Crippen LogP contribution < -0.4 is 4.74 Å². The van der Waals surface area contributed by atoms with Crippen molar-refractivity contribution in [2.75, 3.05) is 27.5 Å². The van der Waals surface area contributed by atoms with Crippen molar-refractivity contribution in [3.8, 4) is 5.75 Å². The van der Waals surface area contributed by atoms with Crippen LogP contribution >= 0.6 is 0 Å². The van der Waals surface area contributed by atoms with Crippen LogP contribution in [0.15, 0.2) is 24.3 Å². The summed E-state index contributed by atoms with van der Waals surface area (Å²) in [7, 11) is -2.61. The number of likely N-dealkylation sites (N-methyl/N-ethyl adjacent to an activating group) is 1. The highest BCUT2D eigenvalue weighted by Crippen LogP contribution is 2.40. The second-order valence-electron chi connectivity index (χ2n) is 5.50. The molecule has 0 spiro atoms. The molecular formula is C17H27NO2. The van der Waals surface area contributed by atoms with Gasteiger partial charge in [0.25, 0.3) is 0 Å². The van der Waals surface area contributed by atoms with Gasteiger partial charge in [0, 0.05) is 20.7 Å². The van der Waals surface area contributed by atoms with E-state index in [1.165, 1.54) is 12.1 Å². The van der Waals surface area contributed by atoms with Crippen LogP contribution in [0, 0.1) is 0 Å². The molecule has 0 saturated heterocycles. The molecule has 1 aliphatic carbocycles. The Kier molecular flexibility index (Phi) is 2.40. The monoisotopic (exact) mass is 286 g/mol. The van der Waals surface area contributed by atoms with Gasteiger partial charge in [-0.15, -0.1) is 0 Å². The molecule has 3 nitrogen and oxygen atoms in total. The van der Waals surface area contributed by atoms with E-state index in [0.29, 0.717) is 23.3 Å². The Morgan fingerprint density at radius 2 is 1.95 bits per heavy atom. The Bertz CT molecular complexity index is 647. The van der Waals surface area contributed by atoms with Gasteiger partial charge in [0.15, 0.2) is 0 Å². The van der Waals surface area contributed by atoms with Gasteiger partial charge in [-0.1, -0.05) is 31.4 Å². The molecule has 2 rings (SSSR count). The Hall–Kier alpha value is -1.06. The van der Waals surface area contributed by atoms with E-state index in [2.05, 4.69) is 0 Å². The summed E-state index contributed by atoms with van der Waals surface area (Å²) in [6, 6.07) is 5.96. The fourth-order valence-corrected chi connectivity index (χ4v) is 3.05. The molecule has 1 saturated carbocycles. The number of hydrogen-bond donors (Lipinski definition) is 1. The van der Waals surface area contributed by atoms with Crippen molar-refractivity contribution in [3.05, 3.63) is 29.8 Å². The van der Waals surface area contributed by atoms with E-state index in [0.717, 1.165) is 19.3 Å². The molecule has 0 bridgehead atoms. The Balaban J connectivity index is 2.40. The van der Waals surface area contributed by atoms with Crippen LogP contribution in [0.1, 0.15) is 55.9 Å². The maximum Gasteiger partial charge on any atom is 0.118 e. The zero-order valence-corrected chi connectivity index (χ0v) is 11.4. The molecule has 0 amide bonds. The van der Waals surface area contributed by atoms with Gasteiger partial charge >= 0.3 is 0 Å². The largest absolute Gasteiger partial charge is 0.497 e. The summed E-state index contributed by atoms with van der Waals surface area (Å²) in [4.78, 5) is 0.462. The third kappa shape index (κ3) is 3.53. The number of benzene rings is 1. The van der Waals surface area contributed by atoms with Gasteiger partial charge in [-0.05, 0) is 44.5 Å². The van der Waals surface area contributed by atoms with Crippen molar-refractivity contribution in [3.63, 3.8) is 0 Å². The van der Waals surface area contributed by atoms with Crippen LogP contribution in [-0.4, -0.2) is 43.1 Å². The molecule has 1 aromatic carbocycles. The molecule has 0 aromatic heterocycles. The van der Waals surface area contributed by atoms with Crippen LogP contribution in [0.2, 0.25) is 0 Å². The zero-order valence-electron chi connectivity index (χ0n) is 20.4. The van der Waals surface area contributed by atoms with Crippen LogP contribution in [-0.2, 0) is 0 Å². The summed E-state index contributed by atoms with van der Waals surface area (Å²) in [5.74, 6) is -0.669. The van der Waals surface area contributed by atoms with Crippen molar-refractivity contribution in [2.24, 2.45) is 0 Å². The minimum Gasteiger partial charge on any atom is -0.497 e. The highest BCUT2D eigenvalue weighted by atomic mass is 16.5. The van der Waals surface area contributed by atoms with Gasteiger partial charge in [-0.25, -0.2) is 0 Å². The molecule has 1 fully saturated rings. The quantitative estimate of drug-likeness (QED) is 0.903. The molecule has 0 radical (unpaired) electrons. The lowest BCUT2D eigenvalue weighted by Gasteiger charge is -2.40. The van der Waals surface area contributed by atoms with E-state index in [-0.39, 0.29) is 12.3 Å². The summed E-state index contributed by atoms with van der Waals surface area (Å²) >= 11 is 0. The van der Waals surface area contributed by atoms with Crippen LogP contribution in [0.25, 0.3) is 0 Å². The van der Waals surface area contributed by atoms with Gasteiger partial charge in [0.05, 0.1) is 16.8 Å². The van der Waals surface area contributed by atoms with E-state index in [4.69, 9.17) is 17.1 Å². The maximum atomic E-state index is 11.3. The molecule has 1 N–H and O–H groups in total. The lowest BCUT2D eigenvalue weighted by atomic mass is 9.72. The van der Waals surface area contributed by atoms with Gasteiger partial charge in [0.2, 0.25) is 0 Å². The first-order valence-corrected chi connectivity index (χ1v) is 6.91. The summed E-state index contributed by atoms with van der Waals surface area (Å²) in [6.45, 7) is -6.11. The zero-order chi connectivity index (χ0) is 22.1. The summed E-state index contributed by atoms with van der Waals surface area (Å²) in [6.07, 6.45) is 3.33. The highest BCUT2D eigenvalue weighted by Gasteiger charge is 2.38. The fourth-order valence-electron chi connectivity index (χ4n) is 3.05. The van der Waals surface area contributed by atoms with Crippen molar-refractivity contribution >= 4 is 0 Å². The van der Waals surface area contributed by atoms with Crippen molar-refractivity contribution in [1.82, 2.24) is 4.90 Å². The first-order valence-electron chi connectivity index (χ1n) is 11.4. The van der Waals surface area contributed by atoms with E-state index >= 15 is 0 Å². The average Bonchev–Trinajstić information content (AvgIpc) is 2.53. The van der Waals surface area contributed by atoms with Crippen LogP contribution in [0.4, 0.5) is 0 Å². The first kappa shape index (κ1) is 7.28. The number of nitrogens with zero attached hydrogens (tertiary/aromatic N) is 1. The minimum absolute atomic E-state index is 0.103. The van der Waals surface area contributed by atoms with E-state index < -0.39 is 32.5 Å². The third-order valence-corrected chi connectivity index (χ3v) is 4.13. The lowest BCUT2D eigenvalue weighted by molar-refractivity contribution is -0.0277. The molecule has 20 heavy (non-hydrogen) atoms. The number of rotatable bonds is 5. The maximum absolute atomic E-state index is 11.3. The van der Waals surface area contributed by atoms with Gasteiger partial charge in [-0.2, -0.15) is 0 Å². The van der Waals surface area contributed by atoms with E-state index in [1.54, 1.807) is 12.1 Å². The Labute approximate surface area is 135 Å². The molecule has 0 heterocycles. The van der Waals surface area contributed by atoms with Crippen molar-refractivity contribution < 1.29 is 22.2 Å². The number of aliphatic hydroxyl groups is 1. The van der Waals surface area contributed by atoms with Gasteiger partial charge < -0.3 is 14.7 Å². The molecular weight excluding hydrogens is 250 g/mol. The average molecular weight is 286 g/mol. The first-order chi connectivity index (χ1) is 13.1. The number of hydrogen-bond acceptors (Lipinski definition) is 3. The lowest BCUT2D eigenvalue weighted by Crippen LogP contribution is -2.42. The normalized spacial score (nSPS) is 28.4. The molecule has 1 atom stereocenters. The minimum atomic E-state index is -2.86. The summed E-state index contributed by atoms with van der Waals surface area (Å²) < 4.78 is 72.2. The fraction of sp³-hybridized carbons (Fsp3) is 0.647. The molecule has 1 aliphatic rings. The molecule has 112 valence electrons.